The molecule has 0 aliphatic heterocycles. The molecule has 206 valence electrons. The first kappa shape index (κ1) is 28.4. The van der Waals surface area contributed by atoms with Gasteiger partial charge < -0.3 is 10.2 Å². The van der Waals surface area contributed by atoms with Gasteiger partial charge in [-0.25, -0.2) is 4.98 Å². The van der Waals surface area contributed by atoms with Gasteiger partial charge in [-0.15, -0.1) is 0 Å². The van der Waals surface area contributed by atoms with Crippen LogP contribution >= 0.6 is 23.4 Å². The maximum atomic E-state index is 11.9. The van der Waals surface area contributed by atoms with Gasteiger partial charge in [-0.3, -0.25) is 4.79 Å². The number of hydrogen-bond donors (Lipinski definition) is 2. The van der Waals surface area contributed by atoms with Crippen LogP contribution in [0, 0.1) is 5.41 Å². The Kier molecular flexibility index (Phi) is 8.37. The molecule has 1 fully saturated rings. The van der Waals surface area contributed by atoms with E-state index in [9.17, 15) is 15.0 Å². The Labute approximate surface area is 245 Å². The Morgan fingerprint density at radius 3 is 2.58 bits per heavy atom. The van der Waals surface area contributed by atoms with Crippen molar-refractivity contribution in [3.05, 3.63) is 112 Å². The van der Waals surface area contributed by atoms with E-state index in [0.29, 0.717) is 10.8 Å². The van der Waals surface area contributed by atoms with E-state index in [1.54, 1.807) is 11.8 Å². The van der Waals surface area contributed by atoms with Crippen LogP contribution in [0.2, 0.25) is 5.02 Å². The van der Waals surface area contributed by atoms with E-state index in [0.717, 1.165) is 59.0 Å². The molecule has 1 atom stereocenters. The summed E-state index contributed by atoms with van der Waals surface area (Å²) in [7, 11) is 0. The van der Waals surface area contributed by atoms with Gasteiger partial charge in [0.05, 0.1) is 22.2 Å². The van der Waals surface area contributed by atoms with E-state index in [1.165, 1.54) is 5.56 Å². The van der Waals surface area contributed by atoms with Gasteiger partial charge in [0.2, 0.25) is 0 Å². The molecule has 2 N–H and O–H groups in total. The van der Waals surface area contributed by atoms with Crippen LogP contribution in [-0.2, 0) is 16.8 Å². The smallest absolute Gasteiger partial charge is 0.310 e. The first-order valence-corrected chi connectivity index (χ1v) is 15.1. The second-order valence-electron chi connectivity index (χ2n) is 11.2. The first-order chi connectivity index (χ1) is 19.1. The fourth-order valence-electron chi connectivity index (χ4n) is 5.04. The van der Waals surface area contributed by atoms with Crippen LogP contribution in [0.15, 0.2) is 78.9 Å². The summed E-state index contributed by atoms with van der Waals surface area (Å²) in [6.07, 6.45) is 7.19. The van der Waals surface area contributed by atoms with E-state index in [4.69, 9.17) is 16.6 Å². The lowest BCUT2D eigenvalue weighted by molar-refractivity contribution is -0.142. The minimum Gasteiger partial charge on any atom is -0.481 e. The number of benzene rings is 3. The number of aliphatic carboxylic acids is 1. The SMILES string of the molecule is CC(C)(O)c1ccccc1CC[C@@H](SCC1(C(=O)O)CC1)c1cccc(C=Cc2ccc3ccc(Cl)cc3n2)c1. The molecule has 4 aromatic rings. The Morgan fingerprint density at radius 1 is 1.05 bits per heavy atom. The lowest BCUT2D eigenvalue weighted by Gasteiger charge is -2.24. The number of aliphatic hydroxyl groups is 1. The Hall–Kier alpha value is -3.12. The van der Waals surface area contributed by atoms with Crippen LogP contribution in [-0.4, -0.2) is 26.9 Å². The number of carboxylic acids is 1. The van der Waals surface area contributed by atoms with Gasteiger partial charge in [-0.1, -0.05) is 78.3 Å². The number of hydrogen-bond acceptors (Lipinski definition) is 4. The van der Waals surface area contributed by atoms with Gasteiger partial charge in [-0.2, -0.15) is 11.8 Å². The maximum absolute atomic E-state index is 11.9. The molecule has 6 heteroatoms. The summed E-state index contributed by atoms with van der Waals surface area (Å²) in [5, 5.41) is 22.3. The molecule has 1 saturated carbocycles. The van der Waals surface area contributed by atoms with Crippen molar-refractivity contribution in [3.8, 4) is 0 Å². The molecule has 4 nitrogen and oxygen atoms in total. The summed E-state index contributed by atoms with van der Waals surface area (Å²) in [6, 6.07) is 26.2. The highest BCUT2D eigenvalue weighted by molar-refractivity contribution is 7.99. The van der Waals surface area contributed by atoms with Crippen molar-refractivity contribution in [2.24, 2.45) is 5.41 Å². The van der Waals surface area contributed by atoms with Gasteiger partial charge in [0.1, 0.15) is 0 Å². The number of nitrogens with zero attached hydrogens (tertiary/aromatic N) is 1. The fraction of sp³-hybridized carbons (Fsp3) is 0.294. The molecule has 0 bridgehead atoms. The molecule has 1 aliphatic rings. The third-order valence-electron chi connectivity index (χ3n) is 7.63. The average Bonchev–Trinajstić information content (AvgIpc) is 3.73. The summed E-state index contributed by atoms with van der Waals surface area (Å²) >= 11 is 7.90. The normalized spacial score (nSPS) is 15.4. The van der Waals surface area contributed by atoms with Crippen LogP contribution in [0.5, 0.6) is 0 Å². The highest BCUT2D eigenvalue weighted by Gasteiger charge is 2.50. The number of thioether (sulfide) groups is 1. The molecule has 0 spiro atoms. The molecule has 1 aliphatic carbocycles. The Balaban J connectivity index is 1.38. The third kappa shape index (κ3) is 6.77. The number of carboxylic acid groups (broad SMARTS) is 1. The average molecular weight is 572 g/mol. The molecule has 0 saturated heterocycles. The molecule has 0 radical (unpaired) electrons. The lowest BCUT2D eigenvalue weighted by Crippen LogP contribution is -2.19. The molecule has 0 amide bonds. The van der Waals surface area contributed by atoms with Crippen molar-refractivity contribution < 1.29 is 15.0 Å². The fourth-order valence-corrected chi connectivity index (χ4v) is 6.76. The largest absolute Gasteiger partial charge is 0.481 e. The molecule has 40 heavy (non-hydrogen) atoms. The zero-order valence-corrected chi connectivity index (χ0v) is 24.4. The zero-order chi connectivity index (χ0) is 28.3. The number of fused-ring (bicyclic) bond motifs is 1. The van der Waals surface area contributed by atoms with Gasteiger partial charge in [-0.05, 0) is 86.1 Å². The maximum Gasteiger partial charge on any atom is 0.310 e. The van der Waals surface area contributed by atoms with Crippen LogP contribution in [0.25, 0.3) is 23.1 Å². The van der Waals surface area contributed by atoms with Crippen LogP contribution < -0.4 is 0 Å². The molecular weight excluding hydrogens is 538 g/mol. The summed E-state index contributed by atoms with van der Waals surface area (Å²) in [6.45, 7) is 3.63. The number of carbonyl (C=O) groups is 1. The van der Waals surface area contributed by atoms with Crippen molar-refractivity contribution in [2.45, 2.75) is 50.4 Å². The van der Waals surface area contributed by atoms with E-state index in [2.05, 4.69) is 36.4 Å². The minimum absolute atomic E-state index is 0.126. The second kappa shape index (κ2) is 11.8. The van der Waals surface area contributed by atoms with Crippen molar-refractivity contribution in [1.29, 1.82) is 0 Å². The predicted octanol–water partition coefficient (Wildman–Crippen LogP) is 8.56. The number of halogens is 1. The predicted molar refractivity (Wildman–Crippen MR) is 167 cm³/mol. The molecular formula is C34H34ClNO3S. The van der Waals surface area contributed by atoms with Crippen LogP contribution in [0.1, 0.15) is 66.3 Å². The van der Waals surface area contributed by atoms with Crippen molar-refractivity contribution in [2.75, 3.05) is 5.75 Å². The lowest BCUT2D eigenvalue weighted by atomic mass is 9.90. The van der Waals surface area contributed by atoms with E-state index < -0.39 is 17.0 Å². The van der Waals surface area contributed by atoms with Gasteiger partial charge >= 0.3 is 5.97 Å². The number of rotatable bonds is 11. The molecule has 0 unspecified atom stereocenters. The van der Waals surface area contributed by atoms with Crippen LogP contribution in [0.4, 0.5) is 0 Å². The van der Waals surface area contributed by atoms with Crippen LogP contribution in [0.3, 0.4) is 0 Å². The molecule has 1 aromatic heterocycles. The van der Waals surface area contributed by atoms with E-state index >= 15 is 0 Å². The molecule has 1 heterocycles. The Morgan fingerprint density at radius 2 is 1.82 bits per heavy atom. The van der Waals surface area contributed by atoms with Gasteiger partial charge in [0, 0.05) is 21.4 Å². The van der Waals surface area contributed by atoms with Crippen molar-refractivity contribution in [1.82, 2.24) is 4.98 Å². The van der Waals surface area contributed by atoms with Crippen molar-refractivity contribution >= 4 is 52.4 Å². The zero-order valence-electron chi connectivity index (χ0n) is 22.8. The minimum atomic E-state index is -0.923. The van der Waals surface area contributed by atoms with Gasteiger partial charge in [0.15, 0.2) is 0 Å². The van der Waals surface area contributed by atoms with Gasteiger partial charge in [0.25, 0.3) is 0 Å². The summed E-state index contributed by atoms with van der Waals surface area (Å²) in [5.74, 6) is -0.0870. The quantitative estimate of drug-likeness (QED) is 0.189. The topological polar surface area (TPSA) is 70.4 Å². The number of aryl methyl sites for hydroxylation is 1. The third-order valence-corrected chi connectivity index (χ3v) is 9.49. The summed E-state index contributed by atoms with van der Waals surface area (Å²) < 4.78 is 0. The first-order valence-electron chi connectivity index (χ1n) is 13.6. The number of pyridine rings is 1. The summed E-state index contributed by atoms with van der Waals surface area (Å²) in [4.78, 5) is 16.6. The Bertz CT molecular complexity index is 1550. The summed E-state index contributed by atoms with van der Waals surface area (Å²) in [5.41, 5.74) is 4.50. The molecule has 5 rings (SSSR count). The highest BCUT2D eigenvalue weighted by atomic mass is 35.5. The van der Waals surface area contributed by atoms with Crippen molar-refractivity contribution in [3.63, 3.8) is 0 Å². The monoisotopic (exact) mass is 571 g/mol. The molecule has 3 aromatic carbocycles. The number of aromatic nitrogens is 1. The van der Waals surface area contributed by atoms with E-state index in [-0.39, 0.29) is 5.25 Å². The second-order valence-corrected chi connectivity index (χ2v) is 12.8. The van der Waals surface area contributed by atoms with E-state index in [1.807, 2.05) is 68.5 Å². The standard InChI is InChI=1S/C34H34ClNO3S/c1-33(2,39)29-9-4-3-7-24(29)13-17-31(40-22-34(18-19-34)32(37)38)26-8-5-6-23(20-26)10-15-28-16-12-25-11-14-27(35)21-30(25)36-28/h3-12,14-16,20-21,31,39H,13,17-19,22H2,1-2H3,(H,37,38)/t31-/m1/s1. The highest BCUT2D eigenvalue weighted by Crippen LogP contribution is 2.51.